The van der Waals surface area contributed by atoms with Gasteiger partial charge in [0.15, 0.2) is 17.4 Å². The zero-order valence-corrected chi connectivity index (χ0v) is 10.2. The lowest BCUT2D eigenvalue weighted by Gasteiger charge is -2.11. The van der Waals surface area contributed by atoms with Crippen molar-refractivity contribution < 1.29 is 31.5 Å². The van der Waals surface area contributed by atoms with Gasteiger partial charge in [-0.05, 0) is 36.4 Å². The van der Waals surface area contributed by atoms with Crippen molar-refractivity contribution in [1.29, 1.82) is 0 Å². The van der Waals surface area contributed by atoms with Gasteiger partial charge in [0.25, 0.3) is 0 Å². The molecule has 0 N–H and O–H groups in total. The Balaban J connectivity index is 2.33. The quantitative estimate of drug-likeness (QED) is 0.612. The highest BCUT2D eigenvalue weighted by molar-refractivity contribution is 5.74. The van der Waals surface area contributed by atoms with Gasteiger partial charge in [0.05, 0.1) is 5.56 Å². The summed E-state index contributed by atoms with van der Waals surface area (Å²) < 4.78 is 69.1. The van der Waals surface area contributed by atoms with E-state index in [4.69, 9.17) is 4.74 Å². The molecule has 2 aromatic rings. The monoisotopic (exact) mass is 302 g/mol. The summed E-state index contributed by atoms with van der Waals surface area (Å²) in [4.78, 5) is 10.4. The number of alkyl halides is 3. The van der Waals surface area contributed by atoms with Crippen LogP contribution in [0.5, 0.6) is 11.5 Å². The minimum atomic E-state index is -4.86. The molecule has 0 amide bonds. The molecule has 0 heterocycles. The fraction of sp³-hybridized carbons (Fsp3) is 0.0714. The molecule has 0 aliphatic rings. The molecule has 110 valence electrons. The van der Waals surface area contributed by atoms with Crippen LogP contribution in [0.1, 0.15) is 15.9 Å². The maximum Gasteiger partial charge on any atom is 0.416 e. The third kappa shape index (κ3) is 3.36. The summed E-state index contributed by atoms with van der Waals surface area (Å²) in [5, 5.41) is 0. The molecule has 0 unspecified atom stereocenters. The van der Waals surface area contributed by atoms with Gasteiger partial charge in [-0.25, -0.2) is 8.78 Å². The lowest BCUT2D eigenvalue weighted by atomic mass is 10.2. The Morgan fingerprint density at radius 1 is 0.952 bits per heavy atom. The van der Waals surface area contributed by atoms with E-state index in [2.05, 4.69) is 0 Å². The first-order valence-corrected chi connectivity index (χ1v) is 5.60. The minimum Gasteiger partial charge on any atom is -0.451 e. The Kier molecular flexibility index (Phi) is 3.93. The maximum absolute atomic E-state index is 13.6. The van der Waals surface area contributed by atoms with Crippen LogP contribution in [0.3, 0.4) is 0 Å². The summed E-state index contributed by atoms with van der Waals surface area (Å²) in [7, 11) is 0. The molecule has 2 rings (SSSR count). The maximum atomic E-state index is 13.6. The number of benzene rings is 2. The van der Waals surface area contributed by atoms with E-state index in [0.29, 0.717) is 11.8 Å². The lowest BCUT2D eigenvalue weighted by molar-refractivity contribution is -0.138. The Hall–Kier alpha value is -2.44. The topological polar surface area (TPSA) is 26.3 Å². The molecule has 0 aromatic heterocycles. The standard InChI is InChI=1S/C14H7F5O2/c15-11-5-9(14(17,18)19)6-12(16)13(11)21-10-3-1-8(7-20)2-4-10/h1-7H. The van der Waals surface area contributed by atoms with Crippen LogP contribution >= 0.6 is 0 Å². The molecule has 0 bridgehead atoms. The van der Waals surface area contributed by atoms with Crippen molar-refractivity contribution in [2.75, 3.05) is 0 Å². The summed E-state index contributed by atoms with van der Waals surface area (Å²) in [6.45, 7) is 0. The van der Waals surface area contributed by atoms with Crippen molar-refractivity contribution >= 4 is 6.29 Å². The predicted molar refractivity (Wildman–Crippen MR) is 63.3 cm³/mol. The number of aldehydes is 1. The molecular formula is C14H7F5O2. The van der Waals surface area contributed by atoms with Gasteiger partial charge in [0.1, 0.15) is 12.0 Å². The summed E-state index contributed by atoms with van der Waals surface area (Å²) in [5.41, 5.74) is -1.13. The van der Waals surface area contributed by atoms with Gasteiger partial charge in [-0.1, -0.05) is 0 Å². The van der Waals surface area contributed by atoms with E-state index in [0.717, 1.165) is 0 Å². The first-order chi connectivity index (χ1) is 9.81. The van der Waals surface area contributed by atoms with E-state index in [-0.39, 0.29) is 17.9 Å². The molecule has 2 nitrogen and oxygen atoms in total. The third-order valence-electron chi connectivity index (χ3n) is 2.56. The van der Waals surface area contributed by atoms with Gasteiger partial charge in [-0.2, -0.15) is 13.2 Å². The molecule has 0 aliphatic carbocycles. The van der Waals surface area contributed by atoms with Crippen LogP contribution in [-0.4, -0.2) is 6.29 Å². The zero-order chi connectivity index (χ0) is 15.6. The number of halogens is 5. The van der Waals surface area contributed by atoms with Crippen LogP contribution < -0.4 is 4.74 Å². The molecule has 0 atom stereocenters. The highest BCUT2D eigenvalue weighted by Gasteiger charge is 2.33. The fourth-order valence-corrected chi connectivity index (χ4v) is 1.55. The molecular weight excluding hydrogens is 295 g/mol. The third-order valence-corrected chi connectivity index (χ3v) is 2.56. The van der Waals surface area contributed by atoms with Gasteiger partial charge in [-0.3, -0.25) is 4.79 Å². The molecule has 0 saturated carbocycles. The minimum absolute atomic E-state index is 0.0156. The second-order valence-corrected chi connectivity index (χ2v) is 4.06. The molecule has 0 aliphatic heterocycles. The second-order valence-electron chi connectivity index (χ2n) is 4.06. The number of rotatable bonds is 3. The predicted octanol–water partition coefficient (Wildman–Crippen LogP) is 4.59. The molecule has 0 saturated heterocycles. The first kappa shape index (κ1) is 15.0. The van der Waals surface area contributed by atoms with Crippen LogP contribution in [0.25, 0.3) is 0 Å². The summed E-state index contributed by atoms with van der Waals surface area (Å²) in [6.07, 6.45) is -4.30. The van der Waals surface area contributed by atoms with Crippen LogP contribution in [0.4, 0.5) is 22.0 Å². The molecule has 0 fully saturated rings. The van der Waals surface area contributed by atoms with Crippen LogP contribution in [0, 0.1) is 11.6 Å². The SMILES string of the molecule is O=Cc1ccc(Oc2c(F)cc(C(F)(F)F)cc2F)cc1. The van der Waals surface area contributed by atoms with Crippen LogP contribution in [0.2, 0.25) is 0 Å². The largest absolute Gasteiger partial charge is 0.451 e. The number of ether oxygens (including phenoxy) is 1. The second kappa shape index (κ2) is 5.51. The molecule has 7 heteroatoms. The van der Waals surface area contributed by atoms with Gasteiger partial charge in [-0.15, -0.1) is 0 Å². The fourth-order valence-electron chi connectivity index (χ4n) is 1.55. The average Bonchev–Trinajstić information content (AvgIpc) is 2.42. The number of hydrogen-bond acceptors (Lipinski definition) is 2. The highest BCUT2D eigenvalue weighted by Crippen LogP contribution is 2.35. The van der Waals surface area contributed by atoms with E-state index in [1.807, 2.05) is 0 Å². The summed E-state index contributed by atoms with van der Waals surface area (Å²) >= 11 is 0. The Morgan fingerprint density at radius 2 is 1.48 bits per heavy atom. The summed E-state index contributed by atoms with van der Waals surface area (Å²) in [6, 6.07) is 5.50. The van der Waals surface area contributed by atoms with Crippen molar-refractivity contribution in [3.63, 3.8) is 0 Å². The van der Waals surface area contributed by atoms with E-state index in [1.165, 1.54) is 24.3 Å². The van der Waals surface area contributed by atoms with Gasteiger partial charge in [0, 0.05) is 5.56 Å². The van der Waals surface area contributed by atoms with Crippen LogP contribution in [0.15, 0.2) is 36.4 Å². The lowest BCUT2D eigenvalue weighted by Crippen LogP contribution is -2.07. The van der Waals surface area contributed by atoms with Gasteiger partial charge >= 0.3 is 6.18 Å². The first-order valence-electron chi connectivity index (χ1n) is 5.60. The number of carbonyl (C=O) groups is 1. The molecule has 0 spiro atoms. The molecule has 2 aromatic carbocycles. The summed E-state index contributed by atoms with van der Waals surface area (Å²) in [5.74, 6) is -3.90. The van der Waals surface area contributed by atoms with E-state index in [9.17, 15) is 26.7 Å². The van der Waals surface area contributed by atoms with E-state index >= 15 is 0 Å². The normalized spacial score (nSPS) is 11.3. The van der Waals surface area contributed by atoms with Gasteiger partial charge in [0.2, 0.25) is 0 Å². The van der Waals surface area contributed by atoms with Crippen molar-refractivity contribution in [3.05, 3.63) is 59.2 Å². The smallest absolute Gasteiger partial charge is 0.416 e. The van der Waals surface area contributed by atoms with Crippen molar-refractivity contribution in [2.45, 2.75) is 6.18 Å². The van der Waals surface area contributed by atoms with Crippen molar-refractivity contribution in [2.24, 2.45) is 0 Å². The molecule has 21 heavy (non-hydrogen) atoms. The number of carbonyl (C=O) groups excluding carboxylic acids is 1. The van der Waals surface area contributed by atoms with Crippen molar-refractivity contribution in [1.82, 2.24) is 0 Å². The van der Waals surface area contributed by atoms with Crippen molar-refractivity contribution in [3.8, 4) is 11.5 Å². The number of hydrogen-bond donors (Lipinski definition) is 0. The molecule has 0 radical (unpaired) electrons. The Labute approximate surface area is 115 Å². The van der Waals surface area contributed by atoms with E-state index < -0.39 is 29.1 Å². The van der Waals surface area contributed by atoms with Crippen LogP contribution in [-0.2, 0) is 6.18 Å². The van der Waals surface area contributed by atoms with E-state index in [1.54, 1.807) is 0 Å². The Bertz CT molecular complexity index is 639. The van der Waals surface area contributed by atoms with Gasteiger partial charge < -0.3 is 4.74 Å². The Morgan fingerprint density at radius 3 is 1.90 bits per heavy atom. The zero-order valence-electron chi connectivity index (χ0n) is 10.2. The average molecular weight is 302 g/mol. The highest BCUT2D eigenvalue weighted by atomic mass is 19.4.